The van der Waals surface area contributed by atoms with Gasteiger partial charge in [0.05, 0.1) is 0 Å². The van der Waals surface area contributed by atoms with Crippen molar-refractivity contribution in [1.82, 2.24) is 0 Å². The molecule has 0 fully saturated rings. The van der Waals surface area contributed by atoms with Crippen molar-refractivity contribution >= 4 is 31.8 Å². The second kappa shape index (κ2) is 11.6. The van der Waals surface area contributed by atoms with Crippen molar-refractivity contribution in [2.24, 2.45) is 0 Å². The molecular formula is C31H35Cl2OSi2Zr. The molecule has 37 heavy (non-hydrogen) atoms. The van der Waals surface area contributed by atoms with Crippen LogP contribution in [0.15, 0.2) is 65.9 Å². The molecule has 1 unspecified atom stereocenters. The van der Waals surface area contributed by atoms with Crippen LogP contribution in [0.3, 0.4) is 0 Å². The third-order valence-corrected chi connectivity index (χ3v) is 13.4. The molecule has 0 heterocycles. The third-order valence-electron chi connectivity index (χ3n) is 7.59. The van der Waals surface area contributed by atoms with Gasteiger partial charge >= 0.3 is 228 Å². The van der Waals surface area contributed by atoms with Gasteiger partial charge in [0, 0.05) is 0 Å². The van der Waals surface area contributed by atoms with Gasteiger partial charge in [-0.2, -0.15) is 0 Å². The SMILES string of the molecule is CC=c1ccc2c(c1C1C([Si](C)(C)CCO[Si](C)(C)C)=Cc3ccccc31)[C]([Zr+2])=c1ccccc1=2.[Cl-].[Cl-]. The van der Waals surface area contributed by atoms with Gasteiger partial charge in [0.15, 0.2) is 0 Å². The van der Waals surface area contributed by atoms with Crippen molar-refractivity contribution in [2.45, 2.75) is 51.6 Å². The molecule has 3 aromatic rings. The van der Waals surface area contributed by atoms with Gasteiger partial charge in [-0.3, -0.25) is 0 Å². The van der Waals surface area contributed by atoms with E-state index < -0.39 is 16.4 Å². The first kappa shape index (κ1) is 30.5. The summed E-state index contributed by atoms with van der Waals surface area (Å²) in [6, 6.07) is 24.0. The summed E-state index contributed by atoms with van der Waals surface area (Å²) in [5.74, 6) is 0.325. The maximum absolute atomic E-state index is 6.36. The van der Waals surface area contributed by atoms with E-state index in [0.29, 0.717) is 5.92 Å². The number of hydrogen-bond donors (Lipinski definition) is 0. The number of hydrogen-bond acceptors (Lipinski definition) is 1. The van der Waals surface area contributed by atoms with Gasteiger partial charge in [0.2, 0.25) is 0 Å². The molecule has 2 aliphatic carbocycles. The number of allylic oxidation sites excluding steroid dienone is 1. The zero-order chi connectivity index (χ0) is 25.0. The molecule has 0 radical (unpaired) electrons. The van der Waals surface area contributed by atoms with E-state index in [0.717, 1.165) is 6.61 Å². The molecule has 0 saturated heterocycles. The van der Waals surface area contributed by atoms with Gasteiger partial charge in [0.25, 0.3) is 0 Å². The van der Waals surface area contributed by atoms with Crippen molar-refractivity contribution in [3.63, 3.8) is 0 Å². The summed E-state index contributed by atoms with van der Waals surface area (Å²) in [6.07, 6.45) is 4.87. The van der Waals surface area contributed by atoms with Crippen LogP contribution in [0.1, 0.15) is 35.1 Å². The van der Waals surface area contributed by atoms with Crippen LogP contribution in [0.4, 0.5) is 0 Å². The number of halogens is 2. The minimum Gasteiger partial charge on any atom is -1.00 e. The summed E-state index contributed by atoms with van der Waals surface area (Å²) in [5.41, 5.74) is 5.90. The van der Waals surface area contributed by atoms with Gasteiger partial charge in [-0.25, -0.2) is 0 Å². The zero-order valence-electron chi connectivity index (χ0n) is 22.6. The van der Waals surface area contributed by atoms with Crippen LogP contribution in [0, 0.1) is 10.4 Å². The van der Waals surface area contributed by atoms with Crippen molar-refractivity contribution < 1.29 is 54.0 Å². The van der Waals surface area contributed by atoms with Crippen LogP contribution < -0.4 is 35.3 Å². The first-order valence-electron chi connectivity index (χ1n) is 12.7. The molecular weight excluding hydrogens is 607 g/mol. The van der Waals surface area contributed by atoms with Crippen LogP contribution in [0.5, 0.6) is 0 Å². The Kier molecular flexibility index (Phi) is 9.59. The first-order valence-corrected chi connectivity index (χ1v) is 20.6. The topological polar surface area (TPSA) is 9.23 Å². The van der Waals surface area contributed by atoms with Crippen LogP contribution in [0.25, 0.3) is 15.4 Å². The van der Waals surface area contributed by atoms with Gasteiger partial charge in [-0.05, 0) is 0 Å². The molecule has 191 valence electrons. The fourth-order valence-electron chi connectivity index (χ4n) is 5.74. The van der Waals surface area contributed by atoms with Crippen LogP contribution in [-0.4, -0.2) is 23.0 Å². The van der Waals surface area contributed by atoms with Crippen molar-refractivity contribution in [3.05, 3.63) is 109 Å². The standard InChI is InChI=1S/C31H35OSi2.2ClH.Zr/c1-7-22-16-17-27-25-14-10-8-12-23(25)20-28(27)30(22)31-26-15-11-9-13-24(26)21-29(31)34(5,6)19-18-32-33(2,3)4;;;/h7-17,21,31H,18-19H2,1-6H3;2*1H;/q;;;+2/p-2. The monoisotopic (exact) mass is 639 g/mol. The fraction of sp³-hybridized carbons (Fsp3) is 0.290. The third kappa shape index (κ3) is 5.67. The van der Waals surface area contributed by atoms with E-state index in [1.807, 2.05) is 0 Å². The van der Waals surface area contributed by atoms with Crippen molar-refractivity contribution in [2.75, 3.05) is 6.61 Å². The van der Waals surface area contributed by atoms with Crippen molar-refractivity contribution in [3.8, 4) is 0 Å². The van der Waals surface area contributed by atoms with Gasteiger partial charge in [0.1, 0.15) is 0 Å². The van der Waals surface area contributed by atoms with Crippen LogP contribution in [-0.2, 0) is 29.1 Å². The second-order valence-electron chi connectivity index (χ2n) is 11.5. The summed E-state index contributed by atoms with van der Waals surface area (Å²) >= 11 is 1.49. The summed E-state index contributed by atoms with van der Waals surface area (Å²) in [7, 11) is -3.26. The fourth-order valence-corrected chi connectivity index (χ4v) is 10.4. The minimum atomic E-state index is -1.74. The molecule has 0 aromatic heterocycles. The maximum atomic E-state index is 6.36. The Hall–Kier alpha value is -1.00. The van der Waals surface area contributed by atoms with Crippen LogP contribution in [0.2, 0.25) is 38.8 Å². The van der Waals surface area contributed by atoms with E-state index in [2.05, 4.69) is 112 Å². The number of fused-ring (bicyclic) bond motifs is 3. The Morgan fingerprint density at radius 2 is 1.49 bits per heavy atom. The summed E-state index contributed by atoms with van der Waals surface area (Å²) < 4.78 is 7.87. The first-order chi connectivity index (χ1) is 16.6. The van der Waals surface area contributed by atoms with E-state index in [9.17, 15) is 0 Å². The minimum absolute atomic E-state index is 0. The summed E-state index contributed by atoms with van der Waals surface area (Å²) in [6.45, 7) is 15.1. The molecule has 6 heteroatoms. The van der Waals surface area contributed by atoms with Gasteiger partial charge < -0.3 is 24.8 Å². The Morgan fingerprint density at radius 1 is 0.838 bits per heavy atom. The van der Waals surface area contributed by atoms with E-state index in [4.69, 9.17) is 4.43 Å². The van der Waals surface area contributed by atoms with Crippen LogP contribution >= 0.6 is 0 Å². The van der Waals surface area contributed by atoms with E-state index in [1.54, 1.807) is 5.20 Å². The molecule has 0 N–H and O–H groups in total. The molecule has 2 aliphatic rings. The largest absolute Gasteiger partial charge is 1.00 e. The number of rotatable bonds is 6. The smallest absolute Gasteiger partial charge is 1.00 e. The Labute approximate surface area is 251 Å². The summed E-state index contributed by atoms with van der Waals surface area (Å²) in [5, 5.41) is 7.28. The second-order valence-corrected chi connectivity index (χ2v) is 22.0. The molecule has 1 atom stereocenters. The van der Waals surface area contributed by atoms with Gasteiger partial charge in [-0.1, -0.05) is 0 Å². The predicted molar refractivity (Wildman–Crippen MR) is 150 cm³/mol. The maximum Gasteiger partial charge on any atom is -1.00 e. The predicted octanol–water partition coefficient (Wildman–Crippen LogP) is 0.427. The average Bonchev–Trinajstić information content (AvgIpc) is 3.34. The molecule has 0 saturated carbocycles. The summed E-state index contributed by atoms with van der Waals surface area (Å²) in [4.78, 5) is 0. The van der Waals surface area contributed by atoms with E-state index in [1.165, 1.54) is 77.2 Å². The molecule has 0 amide bonds. The quantitative estimate of drug-likeness (QED) is 0.355. The van der Waals surface area contributed by atoms with E-state index in [-0.39, 0.29) is 24.8 Å². The Bertz CT molecular complexity index is 1570. The normalized spacial score (nSPS) is 16.4. The molecule has 0 bridgehead atoms. The van der Waals surface area contributed by atoms with Gasteiger partial charge in [-0.15, -0.1) is 0 Å². The number of benzene rings is 3. The zero-order valence-corrected chi connectivity index (χ0v) is 28.6. The molecule has 0 spiro atoms. The molecule has 3 aromatic carbocycles. The van der Waals surface area contributed by atoms with E-state index >= 15 is 0 Å². The molecule has 5 rings (SSSR count). The Balaban J connectivity index is 0.00000190. The average molecular weight is 642 g/mol. The molecule has 1 nitrogen and oxygen atoms in total. The van der Waals surface area contributed by atoms with Crippen molar-refractivity contribution in [1.29, 1.82) is 0 Å². The Morgan fingerprint density at radius 3 is 2.16 bits per heavy atom. The molecule has 0 aliphatic heterocycles.